The number of amides is 3. The van der Waals surface area contributed by atoms with Gasteiger partial charge in [0.1, 0.15) is 13.2 Å². The lowest BCUT2D eigenvalue weighted by Gasteiger charge is -2.22. The van der Waals surface area contributed by atoms with E-state index in [0.717, 1.165) is 25.7 Å². The molecule has 24 heavy (non-hydrogen) atoms. The lowest BCUT2D eigenvalue weighted by atomic mass is 9.96. The fourth-order valence-corrected chi connectivity index (χ4v) is 2.97. The van der Waals surface area contributed by atoms with E-state index in [1.165, 1.54) is 6.42 Å². The molecule has 7 nitrogen and oxygen atoms in total. The Labute approximate surface area is 141 Å². The molecule has 3 amide bonds. The summed E-state index contributed by atoms with van der Waals surface area (Å²) in [6.07, 6.45) is 5.55. The molecule has 1 aromatic rings. The summed E-state index contributed by atoms with van der Waals surface area (Å²) in [5, 5.41) is 8.24. The lowest BCUT2D eigenvalue weighted by Crippen LogP contribution is -2.45. The Balaban J connectivity index is 1.42. The highest BCUT2D eigenvalue weighted by Gasteiger charge is 2.16. The number of rotatable bonds is 4. The van der Waals surface area contributed by atoms with Crippen molar-refractivity contribution < 1.29 is 19.1 Å². The van der Waals surface area contributed by atoms with E-state index < -0.39 is 0 Å². The molecule has 1 fully saturated rings. The van der Waals surface area contributed by atoms with Crippen LogP contribution in [0.5, 0.6) is 11.5 Å². The van der Waals surface area contributed by atoms with Crippen LogP contribution in [0.15, 0.2) is 18.2 Å². The second-order valence-electron chi connectivity index (χ2n) is 6.07. The molecule has 0 bridgehead atoms. The van der Waals surface area contributed by atoms with Crippen molar-refractivity contribution in [2.45, 2.75) is 38.1 Å². The number of benzene rings is 1. The predicted octanol–water partition coefficient (Wildman–Crippen LogP) is 2.03. The minimum atomic E-state index is -0.292. The second-order valence-corrected chi connectivity index (χ2v) is 6.07. The van der Waals surface area contributed by atoms with E-state index in [1.807, 2.05) is 0 Å². The molecular formula is C17H23N3O4. The molecule has 0 spiro atoms. The van der Waals surface area contributed by atoms with Crippen molar-refractivity contribution in [3.63, 3.8) is 0 Å². The van der Waals surface area contributed by atoms with E-state index in [-0.39, 0.29) is 24.5 Å². The maximum Gasteiger partial charge on any atom is 0.315 e. The average molecular weight is 333 g/mol. The quantitative estimate of drug-likeness (QED) is 0.786. The Morgan fingerprint density at radius 2 is 1.79 bits per heavy atom. The summed E-state index contributed by atoms with van der Waals surface area (Å²) >= 11 is 0. The molecule has 3 rings (SSSR count). The van der Waals surface area contributed by atoms with Crippen LogP contribution in [0.1, 0.15) is 32.1 Å². The number of carbonyl (C=O) groups is 2. The van der Waals surface area contributed by atoms with E-state index in [4.69, 9.17) is 9.47 Å². The second kappa shape index (κ2) is 7.90. The van der Waals surface area contributed by atoms with Crippen LogP contribution >= 0.6 is 0 Å². The Morgan fingerprint density at radius 1 is 1.04 bits per heavy atom. The van der Waals surface area contributed by atoms with Crippen molar-refractivity contribution in [3.8, 4) is 11.5 Å². The molecule has 130 valence electrons. The molecule has 1 aliphatic carbocycles. The van der Waals surface area contributed by atoms with Crippen molar-refractivity contribution in [1.82, 2.24) is 10.6 Å². The predicted molar refractivity (Wildman–Crippen MR) is 89.5 cm³/mol. The Kier molecular flexibility index (Phi) is 5.40. The first kappa shape index (κ1) is 16.4. The highest BCUT2D eigenvalue weighted by molar-refractivity contribution is 5.94. The molecule has 0 aromatic heterocycles. The smallest absolute Gasteiger partial charge is 0.315 e. The number of ether oxygens (including phenoxy) is 2. The summed E-state index contributed by atoms with van der Waals surface area (Å²) in [6.45, 7) is 0.943. The van der Waals surface area contributed by atoms with E-state index >= 15 is 0 Å². The summed E-state index contributed by atoms with van der Waals surface area (Å²) in [5.74, 6) is 0.997. The third kappa shape index (κ3) is 4.53. The minimum absolute atomic E-state index is 0.0764. The summed E-state index contributed by atoms with van der Waals surface area (Å²) in [7, 11) is 0. The topological polar surface area (TPSA) is 88.7 Å². The highest BCUT2D eigenvalue weighted by Crippen LogP contribution is 2.32. The van der Waals surface area contributed by atoms with Gasteiger partial charge in [0, 0.05) is 17.8 Å². The van der Waals surface area contributed by atoms with Gasteiger partial charge in [0.05, 0.1) is 6.54 Å². The van der Waals surface area contributed by atoms with Gasteiger partial charge in [-0.15, -0.1) is 0 Å². The van der Waals surface area contributed by atoms with Crippen molar-refractivity contribution in [3.05, 3.63) is 18.2 Å². The summed E-state index contributed by atoms with van der Waals surface area (Å²) < 4.78 is 10.9. The first-order valence-electron chi connectivity index (χ1n) is 8.44. The van der Waals surface area contributed by atoms with Crippen LogP contribution in [-0.2, 0) is 4.79 Å². The monoisotopic (exact) mass is 333 g/mol. The van der Waals surface area contributed by atoms with Gasteiger partial charge in [-0.2, -0.15) is 0 Å². The van der Waals surface area contributed by atoms with Crippen LogP contribution < -0.4 is 25.4 Å². The minimum Gasteiger partial charge on any atom is -0.486 e. The van der Waals surface area contributed by atoms with Gasteiger partial charge >= 0.3 is 6.03 Å². The van der Waals surface area contributed by atoms with Gasteiger partial charge in [-0.3, -0.25) is 4.79 Å². The number of hydrogen-bond acceptors (Lipinski definition) is 4. The average Bonchev–Trinajstić information content (AvgIpc) is 2.61. The van der Waals surface area contributed by atoms with E-state index in [9.17, 15) is 9.59 Å². The number of carbonyl (C=O) groups excluding carboxylic acids is 2. The van der Waals surface area contributed by atoms with Crippen molar-refractivity contribution in [2.75, 3.05) is 25.1 Å². The van der Waals surface area contributed by atoms with Crippen molar-refractivity contribution >= 4 is 17.6 Å². The maximum absolute atomic E-state index is 12.0. The lowest BCUT2D eigenvalue weighted by molar-refractivity contribution is -0.115. The molecule has 0 unspecified atom stereocenters. The van der Waals surface area contributed by atoms with Crippen molar-refractivity contribution in [1.29, 1.82) is 0 Å². The van der Waals surface area contributed by atoms with Crippen molar-refractivity contribution in [2.24, 2.45) is 0 Å². The molecule has 0 atom stereocenters. The van der Waals surface area contributed by atoms with E-state index in [2.05, 4.69) is 16.0 Å². The van der Waals surface area contributed by atoms with E-state index in [0.29, 0.717) is 30.4 Å². The van der Waals surface area contributed by atoms with Crippen LogP contribution in [0.2, 0.25) is 0 Å². The molecule has 2 aliphatic rings. The number of hydrogen-bond donors (Lipinski definition) is 3. The third-order valence-corrected chi connectivity index (χ3v) is 4.18. The number of fused-ring (bicyclic) bond motifs is 1. The standard InChI is InChI=1S/C17H23N3O4/c21-16(11-18-17(22)20-12-4-2-1-3-5-12)19-13-6-7-14-15(10-13)24-9-8-23-14/h6-7,10,12H,1-5,8-9,11H2,(H,19,21)(H2,18,20,22). The molecule has 1 aromatic carbocycles. The molecule has 1 saturated carbocycles. The van der Waals surface area contributed by atoms with Gasteiger partial charge in [-0.1, -0.05) is 19.3 Å². The fraction of sp³-hybridized carbons (Fsp3) is 0.529. The summed E-state index contributed by atoms with van der Waals surface area (Å²) in [5.41, 5.74) is 0.610. The first-order valence-corrected chi connectivity index (χ1v) is 8.44. The normalized spacial score (nSPS) is 17.0. The van der Waals surface area contributed by atoms with Gasteiger partial charge in [-0.25, -0.2) is 4.79 Å². The molecular weight excluding hydrogens is 310 g/mol. The SMILES string of the molecule is O=C(CNC(=O)NC1CCCCC1)Nc1ccc2c(c1)OCCO2. The van der Waals surface area contributed by atoms with Crippen LogP contribution in [0.4, 0.5) is 10.5 Å². The zero-order valence-electron chi connectivity index (χ0n) is 13.6. The van der Waals surface area contributed by atoms with Crippen LogP contribution in [0, 0.1) is 0 Å². The zero-order chi connectivity index (χ0) is 16.8. The van der Waals surface area contributed by atoms with E-state index in [1.54, 1.807) is 18.2 Å². The Hall–Kier alpha value is -2.44. The highest BCUT2D eigenvalue weighted by atomic mass is 16.6. The van der Waals surface area contributed by atoms with Gasteiger partial charge in [0.25, 0.3) is 0 Å². The Bertz CT molecular complexity index is 599. The first-order chi connectivity index (χ1) is 11.7. The summed E-state index contributed by atoms with van der Waals surface area (Å²) in [6, 6.07) is 5.15. The van der Waals surface area contributed by atoms with Gasteiger partial charge in [-0.05, 0) is 25.0 Å². The number of nitrogens with one attached hydrogen (secondary N) is 3. The molecule has 0 radical (unpaired) electrons. The number of anilines is 1. The Morgan fingerprint density at radius 3 is 2.58 bits per heavy atom. The maximum atomic E-state index is 12.0. The van der Waals surface area contributed by atoms with Crippen LogP contribution in [0.25, 0.3) is 0 Å². The number of urea groups is 1. The van der Waals surface area contributed by atoms with Crippen LogP contribution in [-0.4, -0.2) is 37.7 Å². The molecule has 0 saturated heterocycles. The molecule has 7 heteroatoms. The van der Waals surface area contributed by atoms with Gasteiger partial charge in [0.2, 0.25) is 5.91 Å². The van der Waals surface area contributed by atoms with Gasteiger partial charge in [0.15, 0.2) is 11.5 Å². The largest absolute Gasteiger partial charge is 0.486 e. The summed E-state index contributed by atoms with van der Waals surface area (Å²) in [4.78, 5) is 23.8. The van der Waals surface area contributed by atoms with Crippen LogP contribution in [0.3, 0.4) is 0 Å². The van der Waals surface area contributed by atoms with Gasteiger partial charge < -0.3 is 25.4 Å². The molecule has 1 aliphatic heterocycles. The molecule has 1 heterocycles. The molecule has 3 N–H and O–H groups in total. The fourth-order valence-electron chi connectivity index (χ4n) is 2.97. The third-order valence-electron chi connectivity index (χ3n) is 4.18. The zero-order valence-corrected chi connectivity index (χ0v) is 13.6.